The minimum absolute atomic E-state index is 0.0614. The van der Waals surface area contributed by atoms with Crippen LogP contribution in [0.1, 0.15) is 0 Å². The first-order chi connectivity index (χ1) is 15.1. The molecule has 0 aromatic heterocycles. The van der Waals surface area contributed by atoms with Crippen LogP contribution < -0.4 is 18.9 Å². The van der Waals surface area contributed by atoms with Gasteiger partial charge in [-0.05, 0) is 54.6 Å². The van der Waals surface area contributed by atoms with E-state index in [0.29, 0.717) is 5.75 Å². The Morgan fingerprint density at radius 2 is 1.38 bits per heavy atom. The van der Waals surface area contributed by atoms with E-state index in [1.165, 1.54) is 38.5 Å². The van der Waals surface area contributed by atoms with Crippen molar-refractivity contribution < 1.29 is 35.1 Å². The maximum Gasteiger partial charge on any atom is 0.267 e. The van der Waals surface area contributed by atoms with Crippen LogP contribution in [0, 0.1) is 11.6 Å². The summed E-state index contributed by atoms with van der Waals surface area (Å²) in [6, 6.07) is 12.0. The number of rotatable bonds is 8. The number of nitrogens with one attached hydrogen (secondary N) is 2. The summed E-state index contributed by atoms with van der Waals surface area (Å²) in [5.41, 5.74) is -0.0927. The highest BCUT2D eigenvalue weighted by Gasteiger charge is 2.26. The summed E-state index contributed by atoms with van der Waals surface area (Å²) in [5, 5.41) is 0. The normalized spacial score (nSPS) is 11.6. The van der Waals surface area contributed by atoms with Crippen molar-refractivity contribution in [1.29, 1.82) is 0 Å². The molecule has 0 aliphatic heterocycles. The molecule has 0 saturated heterocycles. The number of hydrogen-bond donors (Lipinski definition) is 2. The summed E-state index contributed by atoms with van der Waals surface area (Å²) in [5.74, 6) is -2.15. The molecule has 0 heterocycles. The third kappa shape index (κ3) is 4.92. The second kappa shape index (κ2) is 9.01. The lowest BCUT2D eigenvalue weighted by Crippen LogP contribution is -2.18. The number of hydrogen-bond acceptors (Lipinski definition) is 6. The van der Waals surface area contributed by atoms with Gasteiger partial charge in [-0.3, -0.25) is 9.44 Å². The van der Waals surface area contributed by atoms with Gasteiger partial charge in [0.15, 0.2) is 4.90 Å². The zero-order valence-corrected chi connectivity index (χ0v) is 18.4. The molecule has 3 rings (SSSR count). The van der Waals surface area contributed by atoms with Gasteiger partial charge < -0.3 is 9.47 Å². The van der Waals surface area contributed by atoms with Crippen molar-refractivity contribution in [1.82, 2.24) is 0 Å². The number of ether oxygens (including phenoxy) is 2. The Kier molecular flexibility index (Phi) is 6.55. The van der Waals surface area contributed by atoms with E-state index in [2.05, 4.69) is 4.72 Å². The monoisotopic (exact) mass is 484 g/mol. The number of halogens is 2. The van der Waals surface area contributed by atoms with Gasteiger partial charge in [0.2, 0.25) is 0 Å². The Morgan fingerprint density at radius 1 is 0.750 bits per heavy atom. The van der Waals surface area contributed by atoms with Crippen molar-refractivity contribution in [3.05, 3.63) is 72.3 Å². The van der Waals surface area contributed by atoms with Crippen molar-refractivity contribution >= 4 is 31.4 Å². The molecule has 0 fully saturated rings. The lowest BCUT2D eigenvalue weighted by molar-refractivity contribution is 0.415. The van der Waals surface area contributed by atoms with Crippen LogP contribution in [-0.4, -0.2) is 31.1 Å². The molecule has 170 valence electrons. The summed E-state index contributed by atoms with van der Waals surface area (Å²) < 4.78 is 93.1. The zero-order valence-electron chi connectivity index (χ0n) is 16.8. The van der Waals surface area contributed by atoms with Crippen LogP contribution in [0.2, 0.25) is 0 Å². The molecule has 0 radical (unpaired) electrons. The third-order valence-electron chi connectivity index (χ3n) is 4.26. The van der Waals surface area contributed by atoms with Gasteiger partial charge in [0.1, 0.15) is 23.1 Å². The quantitative estimate of drug-likeness (QED) is 0.506. The number of methoxy groups -OCH3 is 2. The Bertz CT molecular complexity index is 1320. The van der Waals surface area contributed by atoms with Gasteiger partial charge in [0.25, 0.3) is 20.0 Å². The first-order valence-corrected chi connectivity index (χ1v) is 11.9. The van der Waals surface area contributed by atoms with Crippen molar-refractivity contribution in [3.8, 4) is 11.5 Å². The average Bonchev–Trinajstić information content (AvgIpc) is 2.73. The number of anilines is 2. The van der Waals surface area contributed by atoms with Crippen molar-refractivity contribution in [2.75, 3.05) is 23.7 Å². The maximum atomic E-state index is 14.0. The lowest BCUT2D eigenvalue weighted by atomic mass is 10.3. The summed E-state index contributed by atoms with van der Waals surface area (Å²) in [4.78, 5) is -1.52. The van der Waals surface area contributed by atoms with Crippen molar-refractivity contribution in [2.24, 2.45) is 0 Å². The van der Waals surface area contributed by atoms with Gasteiger partial charge >= 0.3 is 0 Å². The van der Waals surface area contributed by atoms with Gasteiger partial charge in [-0.2, -0.15) is 0 Å². The summed E-state index contributed by atoms with van der Waals surface area (Å²) in [7, 11) is -6.20. The maximum absolute atomic E-state index is 14.0. The topological polar surface area (TPSA) is 111 Å². The molecule has 3 aromatic rings. The molecule has 2 N–H and O–H groups in total. The molecule has 3 aromatic carbocycles. The van der Waals surface area contributed by atoms with E-state index in [1.807, 2.05) is 4.72 Å². The van der Waals surface area contributed by atoms with Crippen LogP contribution in [0.5, 0.6) is 11.5 Å². The molecular weight excluding hydrogens is 466 g/mol. The Morgan fingerprint density at radius 3 is 1.94 bits per heavy atom. The van der Waals surface area contributed by atoms with Crippen LogP contribution in [-0.2, 0) is 20.0 Å². The van der Waals surface area contributed by atoms with Crippen LogP contribution in [0.25, 0.3) is 0 Å². The second-order valence-corrected chi connectivity index (χ2v) is 9.65. The highest BCUT2D eigenvalue weighted by atomic mass is 32.2. The second-order valence-electron chi connectivity index (χ2n) is 6.35. The van der Waals surface area contributed by atoms with Gasteiger partial charge in [-0.15, -0.1) is 0 Å². The molecule has 0 spiro atoms. The SMILES string of the molecule is COc1ccc(NS(=O)(=O)c2ccc(OC)c(NS(=O)(=O)c3c(F)cccc3F)c2)cc1. The van der Waals surface area contributed by atoms with E-state index in [1.54, 1.807) is 12.1 Å². The first kappa shape index (κ1) is 23.3. The van der Waals surface area contributed by atoms with E-state index in [9.17, 15) is 25.6 Å². The fraction of sp³-hybridized carbons (Fsp3) is 0.100. The summed E-state index contributed by atoms with van der Waals surface area (Å²) >= 11 is 0. The summed E-state index contributed by atoms with van der Waals surface area (Å²) in [6.07, 6.45) is 0. The van der Waals surface area contributed by atoms with Crippen LogP contribution >= 0.6 is 0 Å². The fourth-order valence-electron chi connectivity index (χ4n) is 2.74. The lowest BCUT2D eigenvalue weighted by Gasteiger charge is -2.15. The minimum atomic E-state index is -4.75. The molecule has 0 unspecified atom stereocenters. The third-order valence-corrected chi connectivity index (χ3v) is 7.05. The summed E-state index contributed by atoms with van der Waals surface area (Å²) in [6.45, 7) is 0. The molecule has 32 heavy (non-hydrogen) atoms. The van der Waals surface area contributed by atoms with Gasteiger partial charge in [0, 0.05) is 5.69 Å². The predicted octanol–water partition coefficient (Wildman–Crippen LogP) is 3.58. The Labute approximate surface area is 183 Å². The van der Waals surface area contributed by atoms with Crippen molar-refractivity contribution in [2.45, 2.75) is 9.79 Å². The molecular formula is C20H18F2N2O6S2. The molecule has 8 nitrogen and oxygen atoms in total. The molecule has 0 saturated carbocycles. The highest BCUT2D eigenvalue weighted by molar-refractivity contribution is 7.93. The van der Waals surface area contributed by atoms with Crippen LogP contribution in [0.15, 0.2) is 70.5 Å². The molecule has 0 aliphatic carbocycles. The number of benzene rings is 3. The Hall–Kier alpha value is -3.38. The van der Waals surface area contributed by atoms with E-state index in [0.717, 1.165) is 24.3 Å². The van der Waals surface area contributed by atoms with Crippen molar-refractivity contribution in [3.63, 3.8) is 0 Å². The van der Waals surface area contributed by atoms with E-state index >= 15 is 0 Å². The Balaban J connectivity index is 1.97. The standard InChI is InChI=1S/C20H18F2N2O6S2/c1-29-14-8-6-13(7-9-14)23-31(25,26)15-10-11-19(30-2)18(12-15)24-32(27,28)20-16(21)4-3-5-17(20)22/h3-12,23-24H,1-2H3. The molecule has 0 aliphatic rings. The fourth-order valence-corrected chi connectivity index (χ4v) is 5.03. The first-order valence-electron chi connectivity index (χ1n) is 8.89. The van der Waals surface area contributed by atoms with Crippen LogP contribution in [0.3, 0.4) is 0 Å². The van der Waals surface area contributed by atoms with E-state index in [4.69, 9.17) is 9.47 Å². The molecule has 0 amide bonds. The van der Waals surface area contributed by atoms with E-state index < -0.39 is 36.6 Å². The molecule has 12 heteroatoms. The van der Waals surface area contributed by atoms with Gasteiger partial charge in [0.05, 0.1) is 24.8 Å². The predicted molar refractivity (Wildman–Crippen MR) is 114 cm³/mol. The zero-order chi connectivity index (χ0) is 23.5. The number of sulfonamides is 2. The van der Waals surface area contributed by atoms with Crippen LogP contribution in [0.4, 0.5) is 20.2 Å². The van der Waals surface area contributed by atoms with E-state index in [-0.39, 0.29) is 22.0 Å². The van der Waals surface area contributed by atoms with Gasteiger partial charge in [-0.25, -0.2) is 25.6 Å². The van der Waals surface area contributed by atoms with Gasteiger partial charge in [-0.1, -0.05) is 6.07 Å². The minimum Gasteiger partial charge on any atom is -0.497 e. The highest BCUT2D eigenvalue weighted by Crippen LogP contribution is 2.31. The smallest absolute Gasteiger partial charge is 0.267 e. The molecule has 0 bridgehead atoms. The molecule has 0 atom stereocenters. The average molecular weight is 485 g/mol. The largest absolute Gasteiger partial charge is 0.497 e.